The van der Waals surface area contributed by atoms with E-state index in [-0.39, 0.29) is 17.7 Å². The molecule has 27 heavy (non-hydrogen) atoms. The fourth-order valence-electron chi connectivity index (χ4n) is 3.08. The molecule has 1 aliphatic rings. The minimum atomic E-state index is -0.0204. The first kappa shape index (κ1) is 19.4. The number of phenolic OH excluding ortho intramolecular Hbond substituents is 1. The second-order valence-corrected chi connectivity index (χ2v) is 8.43. The largest absolute Gasteiger partial charge is 0.507 e. The Morgan fingerprint density at radius 3 is 2.48 bits per heavy atom. The number of phenols is 1. The van der Waals surface area contributed by atoms with Gasteiger partial charge in [-0.15, -0.1) is 16.9 Å². The van der Waals surface area contributed by atoms with E-state index in [0.717, 1.165) is 22.4 Å². The van der Waals surface area contributed by atoms with Crippen molar-refractivity contribution >= 4 is 23.7 Å². The van der Waals surface area contributed by atoms with Crippen LogP contribution in [0.1, 0.15) is 62.0 Å². The number of H-pyrrole nitrogens is 1. The van der Waals surface area contributed by atoms with Gasteiger partial charge >= 0.3 is 0 Å². The van der Waals surface area contributed by atoms with Crippen molar-refractivity contribution < 1.29 is 9.90 Å². The zero-order chi connectivity index (χ0) is 19.6. The molecule has 0 aliphatic carbocycles. The number of nitrogens with zero attached hydrogens (tertiary/aromatic N) is 4. The second-order valence-electron chi connectivity index (χ2n) is 7.29. The number of tetrazole rings is 1. The number of hydrogen-bond donors (Lipinski definition) is 2. The maximum absolute atomic E-state index is 12.9. The molecule has 8 heteroatoms. The zero-order valence-electron chi connectivity index (χ0n) is 16.1. The number of aromatic amines is 1. The topological polar surface area (TPSA) is 95.0 Å². The average Bonchev–Trinajstić information content (AvgIpc) is 3.12. The molecule has 144 valence electrons. The van der Waals surface area contributed by atoms with E-state index in [1.807, 2.05) is 18.2 Å². The molecule has 1 aromatic carbocycles. The van der Waals surface area contributed by atoms with Crippen LogP contribution in [-0.4, -0.2) is 48.8 Å². The Morgan fingerprint density at radius 1 is 1.26 bits per heavy atom. The van der Waals surface area contributed by atoms with E-state index < -0.39 is 0 Å². The number of hydrogen-bond acceptors (Lipinski definition) is 6. The molecular formula is C19H25N5O2S. The minimum absolute atomic E-state index is 0.0204. The fourth-order valence-corrected chi connectivity index (χ4v) is 4.09. The Labute approximate surface area is 163 Å². The number of aromatic nitrogens is 4. The van der Waals surface area contributed by atoms with Crippen LogP contribution in [0.2, 0.25) is 0 Å². The van der Waals surface area contributed by atoms with E-state index in [2.05, 4.69) is 48.3 Å². The smallest absolute Gasteiger partial charge is 0.260 e. The van der Waals surface area contributed by atoms with Gasteiger partial charge in [-0.3, -0.25) is 4.79 Å². The predicted octanol–water partition coefficient (Wildman–Crippen LogP) is 3.27. The summed E-state index contributed by atoms with van der Waals surface area (Å²) in [6, 6.07) is 3.96. The molecule has 1 amide bonds. The minimum Gasteiger partial charge on any atom is -0.507 e. The van der Waals surface area contributed by atoms with E-state index in [9.17, 15) is 9.90 Å². The number of thioether (sulfide) groups is 1. The summed E-state index contributed by atoms with van der Waals surface area (Å²) in [5.74, 6) is 2.14. The van der Waals surface area contributed by atoms with Gasteiger partial charge in [0.25, 0.3) is 5.91 Å². The van der Waals surface area contributed by atoms with Gasteiger partial charge in [0.15, 0.2) is 5.82 Å². The van der Waals surface area contributed by atoms with Gasteiger partial charge in [-0.05, 0) is 57.2 Å². The highest BCUT2D eigenvalue weighted by Crippen LogP contribution is 2.36. The van der Waals surface area contributed by atoms with Crippen molar-refractivity contribution in [2.45, 2.75) is 46.1 Å². The molecule has 7 nitrogen and oxygen atoms in total. The normalized spacial score (nSPS) is 16.7. The van der Waals surface area contributed by atoms with Gasteiger partial charge in [-0.25, -0.2) is 5.10 Å². The van der Waals surface area contributed by atoms with E-state index in [1.54, 1.807) is 16.7 Å². The van der Waals surface area contributed by atoms with Crippen LogP contribution in [0.15, 0.2) is 17.0 Å². The predicted molar refractivity (Wildman–Crippen MR) is 106 cm³/mol. The second kappa shape index (κ2) is 8.12. The number of aromatic hydroxyl groups is 1. The molecule has 0 spiro atoms. The Balaban J connectivity index is 1.91. The van der Waals surface area contributed by atoms with Crippen molar-refractivity contribution in [2.24, 2.45) is 0 Å². The summed E-state index contributed by atoms with van der Waals surface area (Å²) in [4.78, 5) is 15.3. The summed E-state index contributed by atoms with van der Waals surface area (Å²) in [5.41, 5.74) is 2.76. The van der Waals surface area contributed by atoms with Crippen LogP contribution in [0.5, 0.6) is 5.75 Å². The Morgan fingerprint density at radius 2 is 1.93 bits per heavy atom. The number of nitrogens with one attached hydrogen (secondary N) is 1. The number of amides is 1. The van der Waals surface area contributed by atoms with E-state index >= 15 is 0 Å². The van der Waals surface area contributed by atoms with E-state index in [1.165, 1.54) is 0 Å². The Kier molecular flexibility index (Phi) is 5.84. The Bertz CT molecular complexity index is 817. The highest BCUT2D eigenvalue weighted by atomic mass is 32.2. The van der Waals surface area contributed by atoms with Crippen LogP contribution in [0.3, 0.4) is 0 Å². The number of rotatable bonds is 5. The lowest BCUT2D eigenvalue weighted by Crippen LogP contribution is -2.36. The lowest BCUT2D eigenvalue weighted by Gasteiger charge is -2.27. The van der Waals surface area contributed by atoms with Crippen molar-refractivity contribution in [1.29, 1.82) is 0 Å². The van der Waals surface area contributed by atoms with Gasteiger partial charge in [0.2, 0.25) is 0 Å². The van der Waals surface area contributed by atoms with Gasteiger partial charge in [0.05, 0.1) is 11.4 Å². The van der Waals surface area contributed by atoms with Crippen molar-refractivity contribution in [3.8, 4) is 5.75 Å². The molecule has 1 aliphatic heterocycles. The standard InChI is InChI=1S/C19H25N5O2S/c1-11(2)14-7-13(8-15(12(3)4)18(14)25)9-16-19(26)24(5-6-27-16)10-17-20-22-23-21-17/h7-9,11-12,25H,5-6,10H2,1-4H3,(H,20,21,22,23). The monoisotopic (exact) mass is 387 g/mol. The van der Waals surface area contributed by atoms with Crippen molar-refractivity contribution in [2.75, 3.05) is 12.3 Å². The van der Waals surface area contributed by atoms with E-state index in [4.69, 9.17) is 0 Å². The first-order valence-corrected chi connectivity index (χ1v) is 10.1. The van der Waals surface area contributed by atoms with E-state index in [0.29, 0.717) is 29.6 Å². The van der Waals surface area contributed by atoms with Crippen LogP contribution < -0.4 is 0 Å². The summed E-state index contributed by atoms with van der Waals surface area (Å²) >= 11 is 1.56. The quantitative estimate of drug-likeness (QED) is 0.765. The van der Waals surface area contributed by atoms with Gasteiger partial charge in [0.1, 0.15) is 5.75 Å². The Hall–Kier alpha value is -2.35. The molecule has 0 saturated carbocycles. The molecule has 2 heterocycles. The third-order valence-corrected chi connectivity index (χ3v) is 5.57. The fraction of sp³-hybridized carbons (Fsp3) is 0.474. The molecular weight excluding hydrogens is 362 g/mol. The zero-order valence-corrected chi connectivity index (χ0v) is 16.9. The number of benzene rings is 1. The van der Waals surface area contributed by atoms with Crippen LogP contribution in [-0.2, 0) is 11.3 Å². The van der Waals surface area contributed by atoms with Crippen LogP contribution in [0.25, 0.3) is 6.08 Å². The number of carbonyl (C=O) groups is 1. The summed E-state index contributed by atoms with van der Waals surface area (Å²) < 4.78 is 0. The van der Waals surface area contributed by atoms with Crippen LogP contribution >= 0.6 is 11.8 Å². The summed E-state index contributed by atoms with van der Waals surface area (Å²) in [7, 11) is 0. The lowest BCUT2D eigenvalue weighted by molar-refractivity contribution is -0.127. The van der Waals surface area contributed by atoms with Crippen LogP contribution in [0, 0.1) is 0 Å². The van der Waals surface area contributed by atoms with Gasteiger partial charge in [-0.2, -0.15) is 0 Å². The molecule has 2 N–H and O–H groups in total. The maximum Gasteiger partial charge on any atom is 0.260 e. The first-order valence-electron chi connectivity index (χ1n) is 9.10. The molecule has 1 fully saturated rings. The van der Waals surface area contributed by atoms with Gasteiger partial charge in [0, 0.05) is 12.3 Å². The maximum atomic E-state index is 12.9. The molecule has 0 radical (unpaired) electrons. The summed E-state index contributed by atoms with van der Waals surface area (Å²) in [6.07, 6.45) is 1.93. The molecule has 0 atom stereocenters. The molecule has 1 aromatic heterocycles. The number of carbonyl (C=O) groups excluding carboxylic acids is 1. The summed E-state index contributed by atoms with van der Waals surface area (Å²) in [5, 5.41) is 24.2. The van der Waals surface area contributed by atoms with Crippen molar-refractivity contribution in [3.05, 3.63) is 39.6 Å². The highest BCUT2D eigenvalue weighted by Gasteiger charge is 2.25. The highest BCUT2D eigenvalue weighted by molar-refractivity contribution is 8.04. The van der Waals surface area contributed by atoms with Gasteiger partial charge in [-0.1, -0.05) is 27.7 Å². The average molecular weight is 388 g/mol. The van der Waals surface area contributed by atoms with Crippen molar-refractivity contribution in [1.82, 2.24) is 25.5 Å². The molecule has 0 unspecified atom stereocenters. The summed E-state index contributed by atoms with van der Waals surface area (Å²) in [6.45, 7) is 9.26. The molecule has 2 aromatic rings. The van der Waals surface area contributed by atoms with Crippen molar-refractivity contribution in [3.63, 3.8) is 0 Å². The molecule has 3 rings (SSSR count). The van der Waals surface area contributed by atoms with Gasteiger partial charge < -0.3 is 10.0 Å². The third-order valence-electron chi connectivity index (χ3n) is 4.58. The SMILES string of the molecule is CC(C)c1cc(C=C2SCCN(Cc3nnn[nH]3)C2=O)cc(C(C)C)c1O. The molecule has 0 bridgehead atoms. The first-order chi connectivity index (χ1) is 12.9. The van der Waals surface area contributed by atoms with Crippen LogP contribution in [0.4, 0.5) is 0 Å². The molecule has 1 saturated heterocycles. The third kappa shape index (κ3) is 4.32. The lowest BCUT2D eigenvalue weighted by atomic mass is 9.91.